The van der Waals surface area contributed by atoms with Gasteiger partial charge in [0.1, 0.15) is 6.10 Å². The number of amides is 1. The maximum Gasteiger partial charge on any atom is 0.404 e. The number of ether oxygens (including phenoxy) is 2. The second-order valence-electron chi connectivity index (χ2n) is 9.02. The van der Waals surface area contributed by atoms with Crippen LogP contribution in [0.1, 0.15) is 53.4 Å². The first kappa shape index (κ1) is 28.4. The van der Waals surface area contributed by atoms with Crippen LogP contribution in [-0.2, 0) is 19.1 Å². The van der Waals surface area contributed by atoms with Gasteiger partial charge in [-0.05, 0) is 32.3 Å². The van der Waals surface area contributed by atoms with E-state index < -0.39 is 41.8 Å². The summed E-state index contributed by atoms with van der Waals surface area (Å²) >= 11 is 0. The quantitative estimate of drug-likeness (QED) is 0.253. The number of rotatable bonds is 7. The third kappa shape index (κ3) is 10.7. The summed E-state index contributed by atoms with van der Waals surface area (Å²) in [6.07, 6.45) is 6.03. The van der Waals surface area contributed by atoms with Crippen LogP contribution in [0, 0.1) is 17.8 Å². The Morgan fingerprint density at radius 2 is 2.06 bits per heavy atom. The molecule has 1 aliphatic heterocycles. The van der Waals surface area contributed by atoms with E-state index in [9.17, 15) is 29.7 Å². The van der Waals surface area contributed by atoms with Gasteiger partial charge in [0.05, 0.1) is 31.2 Å². The van der Waals surface area contributed by atoms with Crippen LogP contribution in [0.15, 0.2) is 36.0 Å². The number of hydrogen-bond acceptors (Lipinski definition) is 7. The Morgan fingerprint density at radius 1 is 1.39 bits per heavy atom. The number of carboxylic acid groups (broad SMARTS) is 1. The van der Waals surface area contributed by atoms with Gasteiger partial charge in [-0.3, -0.25) is 9.59 Å². The SMILES string of the molecule is C/C(=C\C=C\[C@@H](C)COC(N)=O)[C@H]1OC(=O)C[C@H](O)CC[C@@](C)(O)[C@@H](CC(=O)O)/C=C/[C@@H]1C. The molecule has 1 heterocycles. The van der Waals surface area contributed by atoms with Crippen LogP contribution in [0.2, 0.25) is 0 Å². The van der Waals surface area contributed by atoms with Crippen molar-refractivity contribution >= 4 is 18.0 Å². The predicted octanol–water partition coefficient (Wildman–Crippen LogP) is 2.71. The predicted molar refractivity (Wildman–Crippen MR) is 122 cm³/mol. The fraction of sp³-hybridized carbons (Fsp3) is 0.625. The van der Waals surface area contributed by atoms with E-state index in [1.807, 2.05) is 19.9 Å². The molecule has 9 heteroatoms. The average Bonchev–Trinajstić information content (AvgIpc) is 2.70. The summed E-state index contributed by atoms with van der Waals surface area (Å²) in [6, 6.07) is 0. The largest absolute Gasteiger partial charge is 0.481 e. The first-order chi connectivity index (χ1) is 15.3. The number of carbonyl (C=O) groups excluding carboxylic acids is 2. The molecule has 186 valence electrons. The van der Waals surface area contributed by atoms with E-state index in [1.54, 1.807) is 38.2 Å². The molecular weight excluding hydrogens is 430 g/mol. The maximum absolute atomic E-state index is 12.4. The van der Waals surface area contributed by atoms with Crippen LogP contribution < -0.4 is 5.73 Å². The van der Waals surface area contributed by atoms with Crippen LogP contribution >= 0.6 is 0 Å². The maximum atomic E-state index is 12.4. The molecule has 1 rings (SSSR count). The molecule has 0 aromatic heterocycles. The summed E-state index contributed by atoms with van der Waals surface area (Å²) < 4.78 is 10.4. The zero-order valence-electron chi connectivity index (χ0n) is 19.8. The first-order valence-corrected chi connectivity index (χ1v) is 11.1. The molecule has 0 saturated heterocycles. The lowest BCUT2D eigenvalue weighted by atomic mass is 9.80. The van der Waals surface area contributed by atoms with Crippen molar-refractivity contribution in [2.75, 3.05) is 6.61 Å². The topological polar surface area (TPSA) is 156 Å². The highest BCUT2D eigenvalue weighted by Crippen LogP contribution is 2.30. The number of cyclic esters (lactones) is 1. The fourth-order valence-electron chi connectivity index (χ4n) is 3.60. The molecule has 1 aliphatic rings. The van der Waals surface area contributed by atoms with Gasteiger partial charge < -0.3 is 30.5 Å². The number of aliphatic hydroxyl groups is 2. The van der Waals surface area contributed by atoms with Gasteiger partial charge in [0.15, 0.2) is 0 Å². The Balaban J connectivity index is 3.14. The standard InChI is InChI=1S/C24H37NO8/c1-15(14-32-23(25)30)6-5-7-16(2)22-17(3)8-9-18(12-20(27)28)24(4,31)11-10-19(26)13-21(29)33-22/h5-9,15,17-19,22,26,31H,10-14H2,1-4H3,(H2,25,30)(H,27,28)/b6-5+,9-8+,16-7+/t15-,17+,18-,19-,22-,24-/m1/s1. The van der Waals surface area contributed by atoms with Gasteiger partial charge in [-0.1, -0.05) is 44.2 Å². The number of carbonyl (C=O) groups is 3. The molecule has 33 heavy (non-hydrogen) atoms. The van der Waals surface area contributed by atoms with Crippen molar-refractivity contribution in [1.82, 2.24) is 0 Å². The monoisotopic (exact) mass is 467 g/mol. The van der Waals surface area contributed by atoms with Crippen molar-refractivity contribution in [3.63, 3.8) is 0 Å². The molecule has 0 aromatic rings. The van der Waals surface area contributed by atoms with Gasteiger partial charge >= 0.3 is 18.0 Å². The van der Waals surface area contributed by atoms with Gasteiger partial charge in [0.2, 0.25) is 0 Å². The Kier molecular flexibility index (Phi) is 11.3. The van der Waals surface area contributed by atoms with Crippen molar-refractivity contribution in [2.24, 2.45) is 23.5 Å². The summed E-state index contributed by atoms with van der Waals surface area (Å²) in [4.78, 5) is 34.5. The van der Waals surface area contributed by atoms with E-state index in [4.69, 9.17) is 15.2 Å². The van der Waals surface area contributed by atoms with Gasteiger partial charge in [-0.2, -0.15) is 0 Å². The molecule has 9 nitrogen and oxygen atoms in total. The lowest BCUT2D eigenvalue weighted by Crippen LogP contribution is -2.37. The molecule has 0 saturated carbocycles. The van der Waals surface area contributed by atoms with Gasteiger partial charge in [0.25, 0.3) is 0 Å². The number of esters is 1. The fourth-order valence-corrected chi connectivity index (χ4v) is 3.60. The minimum absolute atomic E-state index is 0.0770. The summed E-state index contributed by atoms with van der Waals surface area (Å²) in [6.45, 7) is 7.15. The molecule has 0 unspecified atom stereocenters. The zero-order valence-corrected chi connectivity index (χ0v) is 19.8. The van der Waals surface area contributed by atoms with Crippen molar-refractivity contribution in [3.8, 4) is 0 Å². The third-order valence-electron chi connectivity index (χ3n) is 5.70. The Hall–Kier alpha value is -2.65. The summed E-state index contributed by atoms with van der Waals surface area (Å²) in [5.41, 5.74) is 4.33. The van der Waals surface area contributed by atoms with Crippen LogP contribution in [-0.4, -0.2) is 57.8 Å². The Bertz CT molecular complexity index is 770. The minimum atomic E-state index is -1.36. The highest BCUT2D eigenvalue weighted by atomic mass is 16.5. The van der Waals surface area contributed by atoms with Crippen molar-refractivity contribution in [1.29, 1.82) is 0 Å². The summed E-state index contributed by atoms with van der Waals surface area (Å²) in [5, 5.41) is 30.4. The molecule has 0 aromatic carbocycles. The summed E-state index contributed by atoms with van der Waals surface area (Å²) in [5.74, 6) is -2.67. The number of hydrogen-bond donors (Lipinski definition) is 4. The lowest BCUT2D eigenvalue weighted by Gasteiger charge is -2.32. The second-order valence-corrected chi connectivity index (χ2v) is 9.02. The van der Waals surface area contributed by atoms with Gasteiger partial charge in [0, 0.05) is 17.8 Å². The van der Waals surface area contributed by atoms with E-state index in [1.165, 1.54) is 0 Å². The lowest BCUT2D eigenvalue weighted by molar-refractivity contribution is -0.151. The number of carboxylic acids is 1. The van der Waals surface area contributed by atoms with Crippen molar-refractivity contribution in [3.05, 3.63) is 36.0 Å². The number of primary amides is 1. The molecule has 0 radical (unpaired) electrons. The highest BCUT2D eigenvalue weighted by molar-refractivity contribution is 5.70. The molecule has 0 fully saturated rings. The van der Waals surface area contributed by atoms with E-state index in [2.05, 4.69) is 0 Å². The first-order valence-electron chi connectivity index (χ1n) is 11.1. The average molecular weight is 468 g/mol. The van der Waals surface area contributed by atoms with E-state index in [0.717, 1.165) is 5.57 Å². The Labute approximate surface area is 194 Å². The van der Waals surface area contributed by atoms with Crippen LogP contribution in [0.3, 0.4) is 0 Å². The number of allylic oxidation sites excluding steroid dienone is 2. The number of nitrogens with two attached hydrogens (primary N) is 1. The van der Waals surface area contributed by atoms with Crippen LogP contribution in [0.4, 0.5) is 4.79 Å². The zero-order chi connectivity index (χ0) is 25.2. The smallest absolute Gasteiger partial charge is 0.404 e. The van der Waals surface area contributed by atoms with Crippen molar-refractivity contribution in [2.45, 2.75) is 71.2 Å². The highest BCUT2D eigenvalue weighted by Gasteiger charge is 2.34. The molecule has 0 aliphatic carbocycles. The minimum Gasteiger partial charge on any atom is -0.481 e. The second kappa shape index (κ2) is 13.2. The van der Waals surface area contributed by atoms with Gasteiger partial charge in [-0.15, -0.1) is 0 Å². The number of aliphatic hydroxyl groups excluding tert-OH is 1. The van der Waals surface area contributed by atoms with Crippen LogP contribution in [0.5, 0.6) is 0 Å². The molecule has 5 N–H and O–H groups in total. The van der Waals surface area contributed by atoms with E-state index in [0.29, 0.717) is 0 Å². The number of aliphatic carboxylic acids is 1. The Morgan fingerprint density at radius 3 is 2.67 bits per heavy atom. The molecule has 0 spiro atoms. The normalized spacial score (nSPS) is 31.7. The van der Waals surface area contributed by atoms with E-state index in [-0.39, 0.29) is 44.1 Å². The van der Waals surface area contributed by atoms with Gasteiger partial charge in [-0.25, -0.2) is 4.79 Å². The third-order valence-corrected chi connectivity index (χ3v) is 5.70. The summed E-state index contributed by atoms with van der Waals surface area (Å²) in [7, 11) is 0. The molecule has 1 amide bonds. The van der Waals surface area contributed by atoms with E-state index >= 15 is 0 Å². The molecular formula is C24H37NO8. The van der Waals surface area contributed by atoms with Crippen molar-refractivity contribution < 1.29 is 39.2 Å². The van der Waals surface area contributed by atoms with Crippen LogP contribution in [0.25, 0.3) is 0 Å². The molecule has 6 atom stereocenters. The molecule has 0 bridgehead atoms.